The number of nitrogens with zero attached hydrogens (tertiary/aromatic N) is 5. The monoisotopic (exact) mass is 421 g/mol. The van der Waals surface area contributed by atoms with Gasteiger partial charge in [0.15, 0.2) is 11.1 Å². The van der Waals surface area contributed by atoms with E-state index in [4.69, 9.17) is 0 Å². The van der Waals surface area contributed by atoms with E-state index in [0.717, 1.165) is 47.8 Å². The van der Waals surface area contributed by atoms with Crippen LogP contribution >= 0.6 is 23.1 Å². The van der Waals surface area contributed by atoms with E-state index in [1.54, 1.807) is 30.1 Å². The number of thioether (sulfide) groups is 1. The number of hydrogen-bond acceptors (Lipinski definition) is 6. The Morgan fingerprint density at radius 1 is 1.32 bits per heavy atom. The highest BCUT2D eigenvalue weighted by molar-refractivity contribution is 7.98. The van der Waals surface area contributed by atoms with Gasteiger partial charge in [-0.15, -0.1) is 21.5 Å². The van der Waals surface area contributed by atoms with Crippen LogP contribution in [0.15, 0.2) is 16.3 Å². The van der Waals surface area contributed by atoms with Gasteiger partial charge < -0.3 is 15.2 Å². The van der Waals surface area contributed by atoms with E-state index >= 15 is 0 Å². The third-order valence-electron chi connectivity index (χ3n) is 5.06. The molecule has 2 aromatic heterocycles. The fourth-order valence-electron chi connectivity index (χ4n) is 3.57. The molecule has 0 bridgehead atoms. The Morgan fingerprint density at radius 2 is 2.14 bits per heavy atom. The highest BCUT2D eigenvalue weighted by Crippen LogP contribution is 2.33. The molecule has 154 valence electrons. The summed E-state index contributed by atoms with van der Waals surface area (Å²) in [7, 11) is 1.80. The normalized spacial score (nSPS) is 15.3. The minimum Gasteiger partial charge on any atom is -0.356 e. The van der Waals surface area contributed by atoms with Crippen molar-refractivity contribution < 1.29 is 0 Å². The summed E-state index contributed by atoms with van der Waals surface area (Å²) in [4.78, 5) is 10.1. The van der Waals surface area contributed by atoms with Gasteiger partial charge in [-0.2, -0.15) is 0 Å². The number of thiazole rings is 1. The number of guanidine groups is 1. The molecule has 0 amide bonds. The second kappa shape index (κ2) is 10.8. The fraction of sp³-hybridized carbons (Fsp3) is 0.684. The maximum Gasteiger partial charge on any atom is 0.191 e. The molecule has 0 aliphatic heterocycles. The second-order valence-corrected chi connectivity index (χ2v) is 8.91. The number of rotatable bonds is 9. The first-order valence-electron chi connectivity index (χ1n) is 10.1. The van der Waals surface area contributed by atoms with Crippen molar-refractivity contribution in [3.05, 3.63) is 21.9 Å². The molecule has 28 heavy (non-hydrogen) atoms. The summed E-state index contributed by atoms with van der Waals surface area (Å²) in [6, 6.07) is 0.584. The van der Waals surface area contributed by atoms with Crippen LogP contribution in [0.5, 0.6) is 0 Å². The van der Waals surface area contributed by atoms with Crippen molar-refractivity contribution in [2.24, 2.45) is 4.99 Å². The third kappa shape index (κ3) is 5.47. The van der Waals surface area contributed by atoms with Gasteiger partial charge in [-0.05, 0) is 31.9 Å². The second-order valence-electron chi connectivity index (χ2n) is 6.94. The molecular formula is C19H31N7S2. The average molecular weight is 422 g/mol. The van der Waals surface area contributed by atoms with Crippen LogP contribution in [0.2, 0.25) is 0 Å². The lowest BCUT2D eigenvalue weighted by Crippen LogP contribution is -2.37. The zero-order chi connectivity index (χ0) is 19.8. The predicted octanol–water partition coefficient (Wildman–Crippen LogP) is 3.43. The minimum absolute atomic E-state index is 0.584. The van der Waals surface area contributed by atoms with Gasteiger partial charge in [0, 0.05) is 37.1 Å². The molecule has 0 radical (unpaired) electrons. The van der Waals surface area contributed by atoms with Crippen LogP contribution in [-0.2, 0) is 19.4 Å². The average Bonchev–Trinajstić information content (AvgIpc) is 3.47. The van der Waals surface area contributed by atoms with Gasteiger partial charge in [0.05, 0.1) is 6.54 Å². The molecule has 1 fully saturated rings. The number of aliphatic imine (C=N–C) groups is 1. The SMILES string of the molecule is CCc1cnc(CNC(=NC)NCCCc2nnc(SC)n2C2CCCC2)s1. The molecule has 1 saturated carbocycles. The van der Waals surface area contributed by atoms with Crippen LogP contribution in [0.3, 0.4) is 0 Å². The topological polar surface area (TPSA) is 80.0 Å². The molecule has 7 nitrogen and oxygen atoms in total. The molecule has 2 aromatic rings. The Balaban J connectivity index is 1.45. The third-order valence-corrected chi connectivity index (χ3v) is 6.84. The van der Waals surface area contributed by atoms with Crippen molar-refractivity contribution >= 4 is 29.1 Å². The molecule has 2 heterocycles. The first-order chi connectivity index (χ1) is 13.7. The highest BCUT2D eigenvalue weighted by atomic mass is 32.2. The Morgan fingerprint density at radius 3 is 2.82 bits per heavy atom. The zero-order valence-corrected chi connectivity index (χ0v) is 18.7. The van der Waals surface area contributed by atoms with E-state index in [2.05, 4.69) is 48.6 Å². The van der Waals surface area contributed by atoms with Gasteiger partial charge >= 0.3 is 0 Å². The van der Waals surface area contributed by atoms with Crippen molar-refractivity contribution in [3.63, 3.8) is 0 Å². The largest absolute Gasteiger partial charge is 0.356 e. The summed E-state index contributed by atoms with van der Waals surface area (Å²) in [5.74, 6) is 1.94. The molecule has 1 aliphatic carbocycles. The molecule has 0 saturated heterocycles. The predicted molar refractivity (Wildman–Crippen MR) is 117 cm³/mol. The summed E-state index contributed by atoms with van der Waals surface area (Å²) in [5.41, 5.74) is 0. The number of hydrogen-bond donors (Lipinski definition) is 2. The lowest BCUT2D eigenvalue weighted by molar-refractivity contribution is 0.460. The number of aryl methyl sites for hydroxylation is 2. The van der Waals surface area contributed by atoms with Crippen LogP contribution in [0, 0.1) is 0 Å². The van der Waals surface area contributed by atoms with Crippen LogP contribution in [0.1, 0.15) is 60.8 Å². The molecule has 0 atom stereocenters. The summed E-state index contributed by atoms with van der Waals surface area (Å²) in [6.07, 6.45) is 12.2. The molecule has 3 rings (SSSR count). The van der Waals surface area contributed by atoms with E-state index < -0.39 is 0 Å². The lowest BCUT2D eigenvalue weighted by atomic mass is 10.2. The quantitative estimate of drug-likeness (QED) is 0.279. The lowest BCUT2D eigenvalue weighted by Gasteiger charge is -2.16. The van der Waals surface area contributed by atoms with E-state index in [1.807, 2.05) is 6.20 Å². The molecule has 0 unspecified atom stereocenters. The van der Waals surface area contributed by atoms with Gasteiger partial charge in [-0.1, -0.05) is 31.5 Å². The van der Waals surface area contributed by atoms with Gasteiger partial charge in [0.2, 0.25) is 0 Å². The fourth-order valence-corrected chi connectivity index (χ4v) is 4.95. The summed E-state index contributed by atoms with van der Waals surface area (Å²) in [6.45, 7) is 3.71. The zero-order valence-electron chi connectivity index (χ0n) is 17.1. The molecule has 1 aliphatic rings. The van der Waals surface area contributed by atoms with Gasteiger partial charge in [-0.25, -0.2) is 4.98 Å². The van der Waals surface area contributed by atoms with E-state index in [0.29, 0.717) is 12.6 Å². The first kappa shape index (κ1) is 21.1. The van der Waals surface area contributed by atoms with Crippen molar-refractivity contribution in [3.8, 4) is 0 Å². The summed E-state index contributed by atoms with van der Waals surface area (Å²) in [5, 5.41) is 17.7. The molecule has 0 aromatic carbocycles. The van der Waals surface area contributed by atoms with Crippen LogP contribution < -0.4 is 10.6 Å². The number of aromatic nitrogens is 4. The summed E-state index contributed by atoms with van der Waals surface area (Å²) >= 11 is 3.45. The van der Waals surface area contributed by atoms with Gasteiger partial charge in [-0.3, -0.25) is 4.99 Å². The Bertz CT molecular complexity index is 762. The Labute approximate surface area is 175 Å². The standard InChI is InChI=1S/C19H31N7S2/c1-4-15-12-22-17(28-15)13-23-18(20-2)21-11-7-10-16-24-25-19(27-3)26(16)14-8-5-6-9-14/h12,14H,4-11,13H2,1-3H3,(H2,20,21,23). The van der Waals surface area contributed by atoms with Gasteiger partial charge in [0.1, 0.15) is 10.8 Å². The smallest absolute Gasteiger partial charge is 0.191 e. The highest BCUT2D eigenvalue weighted by Gasteiger charge is 2.23. The van der Waals surface area contributed by atoms with E-state index in [1.165, 1.54) is 30.6 Å². The Kier molecular flexibility index (Phi) is 8.14. The van der Waals surface area contributed by atoms with Crippen molar-refractivity contribution in [1.82, 2.24) is 30.4 Å². The Hall–Kier alpha value is -1.61. The number of nitrogens with one attached hydrogen (secondary N) is 2. The van der Waals surface area contributed by atoms with E-state index in [9.17, 15) is 0 Å². The van der Waals surface area contributed by atoms with E-state index in [-0.39, 0.29) is 0 Å². The molecule has 2 N–H and O–H groups in total. The van der Waals surface area contributed by atoms with Crippen LogP contribution in [0.4, 0.5) is 0 Å². The van der Waals surface area contributed by atoms with Crippen molar-refractivity contribution in [2.45, 2.75) is 69.6 Å². The first-order valence-corrected chi connectivity index (χ1v) is 12.1. The van der Waals surface area contributed by atoms with Crippen LogP contribution in [0.25, 0.3) is 0 Å². The van der Waals surface area contributed by atoms with Crippen molar-refractivity contribution in [2.75, 3.05) is 19.8 Å². The maximum atomic E-state index is 4.47. The molecule has 0 spiro atoms. The van der Waals surface area contributed by atoms with Crippen LogP contribution in [-0.4, -0.2) is 45.6 Å². The van der Waals surface area contributed by atoms with Gasteiger partial charge in [0.25, 0.3) is 0 Å². The summed E-state index contributed by atoms with van der Waals surface area (Å²) < 4.78 is 2.39. The maximum absolute atomic E-state index is 4.47. The molecule has 9 heteroatoms. The molecular weight excluding hydrogens is 390 g/mol. The van der Waals surface area contributed by atoms with Crippen molar-refractivity contribution in [1.29, 1.82) is 0 Å². The minimum atomic E-state index is 0.584.